The minimum absolute atomic E-state index is 0.408. The average Bonchev–Trinajstić information content (AvgIpc) is 2.08. The first-order valence-electron chi connectivity index (χ1n) is 4.44. The summed E-state index contributed by atoms with van der Waals surface area (Å²) in [6, 6.07) is 0. The standard InChI is InChI=1S/C9H13O2/c10-8(11)9-4-1-7(2-5-9)3-6-9/h7H,1-6H2. The van der Waals surface area contributed by atoms with E-state index in [0.717, 1.165) is 44.4 Å². The van der Waals surface area contributed by atoms with Crippen molar-refractivity contribution < 1.29 is 9.90 Å². The Bertz CT molecular complexity index is 164. The number of fused-ring (bicyclic) bond motifs is 3. The lowest BCUT2D eigenvalue weighted by Crippen LogP contribution is -2.39. The molecule has 11 heavy (non-hydrogen) atoms. The van der Waals surface area contributed by atoms with Gasteiger partial charge in [-0.2, -0.15) is 0 Å². The highest BCUT2D eigenvalue weighted by Crippen LogP contribution is 2.50. The lowest BCUT2D eigenvalue weighted by Gasteiger charge is -2.42. The molecule has 0 aromatic rings. The minimum atomic E-state index is -0.796. The highest BCUT2D eigenvalue weighted by atomic mass is 16.4. The Kier molecular flexibility index (Phi) is 1.44. The van der Waals surface area contributed by atoms with Crippen molar-refractivity contribution in [2.45, 2.75) is 38.5 Å². The monoisotopic (exact) mass is 153 g/mol. The van der Waals surface area contributed by atoms with Gasteiger partial charge in [-0.1, -0.05) is 0 Å². The van der Waals surface area contributed by atoms with Crippen molar-refractivity contribution in [3.05, 3.63) is 0 Å². The Balaban J connectivity index is 2.18. The molecule has 3 aliphatic carbocycles. The lowest BCUT2D eigenvalue weighted by molar-refractivity contribution is -0.162. The van der Waals surface area contributed by atoms with Crippen molar-refractivity contribution >= 4 is 5.97 Å². The first-order valence-corrected chi connectivity index (χ1v) is 4.44. The van der Waals surface area contributed by atoms with Gasteiger partial charge in [-0.3, -0.25) is 0 Å². The van der Waals surface area contributed by atoms with Gasteiger partial charge in [0.1, 0.15) is 0 Å². The predicted molar refractivity (Wildman–Crippen MR) is 39.3 cm³/mol. The van der Waals surface area contributed by atoms with E-state index in [1.807, 2.05) is 0 Å². The van der Waals surface area contributed by atoms with Crippen LogP contribution in [0.1, 0.15) is 38.5 Å². The molecule has 2 nitrogen and oxygen atoms in total. The van der Waals surface area contributed by atoms with E-state index in [0.29, 0.717) is 0 Å². The summed E-state index contributed by atoms with van der Waals surface area (Å²) >= 11 is 0. The van der Waals surface area contributed by atoms with Crippen molar-refractivity contribution in [3.8, 4) is 0 Å². The van der Waals surface area contributed by atoms with E-state index in [2.05, 4.69) is 0 Å². The number of rotatable bonds is 1. The van der Waals surface area contributed by atoms with Crippen molar-refractivity contribution in [1.29, 1.82) is 0 Å². The van der Waals surface area contributed by atoms with Crippen LogP contribution in [0, 0.1) is 11.3 Å². The third-order valence-corrected chi connectivity index (χ3v) is 3.53. The van der Waals surface area contributed by atoms with Gasteiger partial charge in [0.2, 0.25) is 0 Å². The van der Waals surface area contributed by atoms with E-state index < -0.39 is 11.4 Å². The summed E-state index contributed by atoms with van der Waals surface area (Å²) in [7, 11) is 0. The van der Waals surface area contributed by atoms with Crippen LogP contribution in [-0.2, 0) is 9.90 Å². The lowest BCUT2D eigenvalue weighted by atomic mass is 9.61. The second-order valence-electron chi connectivity index (χ2n) is 4.05. The molecule has 2 bridgehead atoms. The first kappa shape index (κ1) is 7.14. The summed E-state index contributed by atoms with van der Waals surface area (Å²) in [5.41, 5.74) is -0.408. The van der Waals surface area contributed by atoms with E-state index in [-0.39, 0.29) is 0 Å². The van der Waals surface area contributed by atoms with Crippen LogP contribution in [-0.4, -0.2) is 5.97 Å². The van der Waals surface area contributed by atoms with Crippen LogP contribution in [0.5, 0.6) is 0 Å². The van der Waals surface area contributed by atoms with Gasteiger partial charge >= 0.3 is 5.97 Å². The van der Waals surface area contributed by atoms with Crippen LogP contribution in [0.25, 0.3) is 0 Å². The summed E-state index contributed by atoms with van der Waals surface area (Å²) in [4.78, 5) is 10.8. The molecule has 2 heteroatoms. The maximum atomic E-state index is 10.8. The Labute approximate surface area is 66.6 Å². The Morgan fingerprint density at radius 3 is 1.82 bits per heavy atom. The van der Waals surface area contributed by atoms with Gasteiger partial charge in [0.15, 0.2) is 0 Å². The van der Waals surface area contributed by atoms with Gasteiger partial charge in [-0.25, -0.2) is 9.90 Å². The number of hydrogen-bond donors (Lipinski definition) is 0. The maximum Gasteiger partial charge on any atom is 0.361 e. The van der Waals surface area contributed by atoms with Gasteiger partial charge < -0.3 is 0 Å². The van der Waals surface area contributed by atoms with Crippen molar-refractivity contribution in [2.24, 2.45) is 11.3 Å². The van der Waals surface area contributed by atoms with Crippen LogP contribution < -0.4 is 0 Å². The van der Waals surface area contributed by atoms with E-state index in [1.165, 1.54) is 0 Å². The average molecular weight is 153 g/mol. The van der Waals surface area contributed by atoms with E-state index in [4.69, 9.17) is 0 Å². The summed E-state index contributed by atoms with van der Waals surface area (Å²) in [6.07, 6.45) is 5.98. The molecule has 3 rings (SSSR count). The zero-order valence-corrected chi connectivity index (χ0v) is 6.64. The van der Waals surface area contributed by atoms with Gasteiger partial charge in [-0.05, 0) is 44.4 Å². The zero-order chi connectivity index (χ0) is 7.90. The van der Waals surface area contributed by atoms with Crippen LogP contribution in [0.3, 0.4) is 0 Å². The molecule has 3 fully saturated rings. The highest BCUT2D eigenvalue weighted by molar-refractivity contribution is 5.74. The fraction of sp³-hybridized carbons (Fsp3) is 0.889. The third-order valence-electron chi connectivity index (χ3n) is 3.53. The third kappa shape index (κ3) is 0.959. The summed E-state index contributed by atoms with van der Waals surface area (Å²) < 4.78 is 0. The molecule has 0 aliphatic heterocycles. The van der Waals surface area contributed by atoms with Crippen LogP contribution >= 0.6 is 0 Å². The maximum absolute atomic E-state index is 10.8. The van der Waals surface area contributed by atoms with E-state index >= 15 is 0 Å². The van der Waals surface area contributed by atoms with Gasteiger partial charge in [0, 0.05) is 0 Å². The molecule has 1 radical (unpaired) electrons. The largest absolute Gasteiger partial charge is 0.361 e. The van der Waals surface area contributed by atoms with Gasteiger partial charge in [0.05, 0.1) is 5.41 Å². The smallest absolute Gasteiger partial charge is 0.247 e. The Morgan fingerprint density at radius 1 is 1.09 bits per heavy atom. The second-order valence-corrected chi connectivity index (χ2v) is 4.05. The minimum Gasteiger partial charge on any atom is -0.247 e. The molecule has 61 valence electrons. The fourth-order valence-corrected chi connectivity index (χ4v) is 2.56. The number of carbonyl (C=O) groups excluding carboxylic acids is 1. The summed E-state index contributed by atoms with van der Waals surface area (Å²) in [6.45, 7) is 0. The van der Waals surface area contributed by atoms with Crippen molar-refractivity contribution in [3.63, 3.8) is 0 Å². The van der Waals surface area contributed by atoms with Crippen LogP contribution in [0.2, 0.25) is 0 Å². The normalized spacial score (nSPS) is 42.4. The molecule has 0 N–H and O–H groups in total. The number of carbonyl (C=O) groups is 1. The van der Waals surface area contributed by atoms with Gasteiger partial charge in [0.25, 0.3) is 0 Å². The van der Waals surface area contributed by atoms with Crippen molar-refractivity contribution in [1.82, 2.24) is 0 Å². The Hall–Kier alpha value is -0.530. The molecule has 3 saturated carbocycles. The summed E-state index contributed by atoms with van der Waals surface area (Å²) in [5, 5.41) is 10.8. The van der Waals surface area contributed by atoms with Crippen LogP contribution in [0.15, 0.2) is 0 Å². The highest BCUT2D eigenvalue weighted by Gasteiger charge is 2.46. The Morgan fingerprint density at radius 2 is 1.55 bits per heavy atom. The quantitative estimate of drug-likeness (QED) is 0.567. The molecular weight excluding hydrogens is 140 g/mol. The molecule has 0 heterocycles. The molecule has 0 spiro atoms. The molecular formula is C9H13O2. The van der Waals surface area contributed by atoms with Gasteiger partial charge in [-0.15, -0.1) is 0 Å². The summed E-state index contributed by atoms with van der Waals surface area (Å²) in [5.74, 6) is 0.0341. The fourth-order valence-electron chi connectivity index (χ4n) is 2.56. The van der Waals surface area contributed by atoms with E-state index in [9.17, 15) is 9.90 Å². The van der Waals surface area contributed by atoms with E-state index in [1.54, 1.807) is 0 Å². The predicted octanol–water partition coefficient (Wildman–Crippen LogP) is 1.91. The molecule has 0 unspecified atom stereocenters. The number of hydrogen-bond acceptors (Lipinski definition) is 1. The molecule has 3 aliphatic rings. The molecule has 0 saturated heterocycles. The molecule has 0 amide bonds. The van der Waals surface area contributed by atoms with Crippen LogP contribution in [0.4, 0.5) is 0 Å². The van der Waals surface area contributed by atoms with Crippen molar-refractivity contribution in [2.75, 3.05) is 0 Å². The zero-order valence-electron chi connectivity index (χ0n) is 6.64. The molecule has 0 aromatic carbocycles. The SMILES string of the molecule is [O]C(=O)C12CCC(CC1)CC2. The molecule has 0 aromatic heterocycles. The first-order chi connectivity index (χ1) is 5.23. The topological polar surface area (TPSA) is 37.0 Å². The second kappa shape index (κ2) is 2.23. The molecule has 0 atom stereocenters.